The highest BCUT2D eigenvalue weighted by Gasteiger charge is 2.47. The van der Waals surface area contributed by atoms with Crippen molar-refractivity contribution in [1.82, 2.24) is 109 Å². The van der Waals surface area contributed by atoms with Crippen molar-refractivity contribution in [3.05, 3.63) is 188 Å². The Hall–Kier alpha value is -13.4. The molecule has 24 rings (SSSR count). The molecule has 33 nitrogen and oxygen atoms in total. The molecule has 15 aromatic rings. The molecule has 6 bridgehead atoms. The topological polar surface area (TPSA) is 317 Å². The third kappa shape index (κ3) is 14.9. The van der Waals surface area contributed by atoms with Crippen molar-refractivity contribution < 1.29 is 50.7 Å². The van der Waals surface area contributed by atoms with E-state index in [-0.39, 0.29) is 25.7 Å². The molecule has 3 N–H and O–H groups in total. The van der Waals surface area contributed by atoms with Gasteiger partial charge in [0, 0.05) is 172 Å². The van der Waals surface area contributed by atoms with Gasteiger partial charge in [0.05, 0.1) is 116 Å². The van der Waals surface area contributed by atoms with Crippen molar-refractivity contribution in [2.24, 2.45) is 0 Å². The molecule has 0 amide bonds. The number of fused-ring (bicyclic) bond motifs is 15. The standard InChI is InChI=1S/C28H28F2N8O3.C27H25N9O2.C26H25F2N9O2/c1-39-25-5-2-17(10-32-25)13-37-19-8-20(37)15-36(14-19)24-4-3-18(11-31-24)22-9-21(40-6-7-41-28(29)30)16-38-26(22)23-12-33-34-27(23)35-38;1-28-16-38-21-8-22(26-23-11-31-32-27(23)33-36(26)15-21)18-4-5-24(29-10-18)34-13-19-7-20(14-34)35(19)12-17-3-6-25(37-2)30-9-17;1-38-24-3-2-15(6-31-24)10-36-16-4-17(36)12-35(11-16)23-9-29-21(8-30-23)19-5-18(39-14-22(27)28)13-37-25(19)20-7-32-33-26(20)34-37/h2-5,9-12,16,19-20,28H,6-8,13-15H2,1H3,(H,34,35);3-6,8-11,15,19-20H,7,12-14,16H2,2H3,(H,32,33);2-3,5-9,13,16-17,22H,4,10-12,14H2,1H3,(H,33,34). The highest BCUT2D eigenvalue weighted by atomic mass is 19.3. The highest BCUT2D eigenvalue weighted by molar-refractivity contribution is 6.03. The van der Waals surface area contributed by atoms with Crippen LogP contribution in [0.5, 0.6) is 34.9 Å². The number of rotatable bonds is 25. The van der Waals surface area contributed by atoms with E-state index in [9.17, 15) is 17.6 Å². The SMILES string of the molecule is COc1ccc(CN2C3CC2CN(c2ccc(-c4cc(OCCOC(F)F)cn5nc6[nH]ncc6c45)cn2)C3)cn1.COc1ccc(CN2C3CC2CN(c2cnc(-c4cc(OCC(F)F)cn5nc6[nH]ncc6c45)cn2)C3)cn1.[C-]#[N+]COc1cc(-c2ccc(N3CC4CC(C3)N4Cc3ccc(OC)nc3)nc2)c2c3cn[nH]c3nn2c1. The number of hydrogen-bond donors (Lipinski definition) is 3. The number of piperidine rings is 3. The summed E-state index contributed by atoms with van der Waals surface area (Å²) in [4.78, 5) is 50.0. The first-order chi connectivity index (χ1) is 57.8. The van der Waals surface area contributed by atoms with Crippen LogP contribution >= 0.6 is 0 Å². The first-order valence-corrected chi connectivity index (χ1v) is 38.5. The maximum absolute atomic E-state index is 12.8. The summed E-state index contributed by atoms with van der Waals surface area (Å²) in [6, 6.07) is 28.6. The zero-order valence-corrected chi connectivity index (χ0v) is 64.1. The third-order valence-electron chi connectivity index (χ3n) is 22.7. The second kappa shape index (κ2) is 32.0. The molecular weight excluding hydrogens is 1530 g/mol. The first-order valence-electron chi connectivity index (χ1n) is 38.5. The second-order valence-electron chi connectivity index (χ2n) is 29.7. The highest BCUT2D eigenvalue weighted by Crippen LogP contribution is 2.42. The number of methoxy groups -OCH3 is 3. The molecular formula is C81H78F4N26O7. The maximum Gasteiger partial charge on any atom is 0.357 e. The predicted molar refractivity (Wildman–Crippen MR) is 425 cm³/mol. The quantitative estimate of drug-likeness (QED) is 0.0272. The molecule has 6 unspecified atom stereocenters. The molecule has 9 saturated heterocycles. The van der Waals surface area contributed by atoms with Gasteiger partial charge >= 0.3 is 13.3 Å². The Bertz CT molecular complexity index is 6070. The minimum atomic E-state index is -2.83. The summed E-state index contributed by atoms with van der Waals surface area (Å²) in [7, 11) is 4.87. The number of aromatic amines is 3. The van der Waals surface area contributed by atoms with Gasteiger partial charge in [0.25, 0.3) is 6.43 Å². The summed E-state index contributed by atoms with van der Waals surface area (Å²) in [6.07, 6.45) is 24.1. The summed E-state index contributed by atoms with van der Waals surface area (Å²) < 4.78 is 91.8. The maximum atomic E-state index is 12.8. The molecule has 37 heteroatoms. The van der Waals surface area contributed by atoms with Gasteiger partial charge in [-0.15, -0.1) is 15.3 Å². The fourth-order valence-corrected chi connectivity index (χ4v) is 17.0. The van der Waals surface area contributed by atoms with Crippen LogP contribution in [0, 0.1) is 6.57 Å². The van der Waals surface area contributed by atoms with Gasteiger partial charge in [0.1, 0.15) is 47.9 Å². The van der Waals surface area contributed by atoms with Crippen LogP contribution < -0.4 is 43.1 Å². The molecule has 0 saturated carbocycles. The summed E-state index contributed by atoms with van der Waals surface area (Å²) in [5, 5.41) is 37.1. The molecule has 0 spiro atoms. The van der Waals surface area contributed by atoms with Crippen molar-refractivity contribution in [3.8, 4) is 68.4 Å². The van der Waals surface area contributed by atoms with Gasteiger partial charge in [-0.05, 0) is 78.4 Å². The van der Waals surface area contributed by atoms with Gasteiger partial charge in [0.15, 0.2) is 16.9 Å². The average Bonchev–Trinajstić information content (AvgIpc) is 1.59. The lowest BCUT2D eigenvalue weighted by Gasteiger charge is -2.56. The Kier molecular flexibility index (Phi) is 20.2. The number of pyridine rings is 8. The van der Waals surface area contributed by atoms with Crippen molar-refractivity contribution in [2.45, 2.75) is 88.2 Å². The number of halogens is 4. The molecule has 9 aliphatic rings. The number of ether oxygens (including phenoxy) is 7. The lowest BCUT2D eigenvalue weighted by molar-refractivity contribution is -0.133. The molecule has 9 fully saturated rings. The van der Waals surface area contributed by atoms with E-state index in [1.54, 1.807) is 90.5 Å². The van der Waals surface area contributed by atoms with E-state index >= 15 is 0 Å². The number of aromatic nitrogens is 19. The van der Waals surface area contributed by atoms with Crippen LogP contribution in [0.15, 0.2) is 159 Å². The van der Waals surface area contributed by atoms with Crippen molar-refractivity contribution >= 4 is 67.1 Å². The minimum Gasteiger partial charge on any atom is -0.490 e. The normalized spacial score (nSPS) is 18.9. The number of hydrogen-bond acceptors (Lipinski definition) is 26. The summed E-state index contributed by atoms with van der Waals surface area (Å²) in [5.41, 5.74) is 12.8. The third-order valence-corrected chi connectivity index (χ3v) is 22.7. The first kappa shape index (κ1) is 74.7. The molecule has 9 aliphatic heterocycles. The van der Waals surface area contributed by atoms with E-state index in [4.69, 9.17) is 54.9 Å². The molecule has 0 aliphatic carbocycles. The molecule has 24 heterocycles. The Morgan fingerprint density at radius 2 is 0.839 bits per heavy atom. The molecule has 6 atom stereocenters. The van der Waals surface area contributed by atoms with Gasteiger partial charge in [0.2, 0.25) is 17.6 Å². The number of anilines is 3. The van der Waals surface area contributed by atoms with Gasteiger partial charge in [-0.25, -0.2) is 58.8 Å². The summed E-state index contributed by atoms with van der Waals surface area (Å²) in [6.45, 7) is 11.3. The smallest absolute Gasteiger partial charge is 0.357 e. The monoisotopic (exact) mass is 1600 g/mol. The minimum absolute atomic E-state index is 0.0174. The van der Waals surface area contributed by atoms with Crippen LogP contribution in [0.2, 0.25) is 0 Å². The van der Waals surface area contributed by atoms with Gasteiger partial charge in [-0.3, -0.25) is 39.8 Å². The zero-order valence-electron chi connectivity index (χ0n) is 64.1. The number of alkyl halides is 4. The van der Waals surface area contributed by atoms with Crippen molar-refractivity contribution in [2.75, 3.05) is 102 Å². The van der Waals surface area contributed by atoms with E-state index in [1.165, 1.54) is 29.5 Å². The average molecular weight is 1600 g/mol. The van der Waals surface area contributed by atoms with Crippen LogP contribution in [-0.4, -0.2) is 245 Å². The second-order valence-corrected chi connectivity index (χ2v) is 29.7. The Labute approximate surface area is 669 Å². The van der Waals surface area contributed by atoms with Gasteiger partial charge < -0.3 is 47.9 Å². The summed E-state index contributed by atoms with van der Waals surface area (Å²) >= 11 is 0. The Morgan fingerprint density at radius 3 is 1.21 bits per heavy atom. The van der Waals surface area contributed by atoms with E-state index in [0.717, 1.165) is 138 Å². The van der Waals surface area contributed by atoms with Crippen molar-refractivity contribution in [1.29, 1.82) is 0 Å². The lowest BCUT2D eigenvalue weighted by atomic mass is 9.87. The molecule has 118 heavy (non-hydrogen) atoms. The van der Waals surface area contributed by atoms with E-state index in [0.29, 0.717) is 93.6 Å². The molecule has 602 valence electrons. The Balaban J connectivity index is 0.000000118. The van der Waals surface area contributed by atoms with Crippen molar-refractivity contribution in [3.63, 3.8) is 0 Å². The molecule has 0 aromatic carbocycles. The fourth-order valence-electron chi connectivity index (χ4n) is 17.0. The number of piperazine rings is 3. The van der Waals surface area contributed by atoms with Crippen LogP contribution in [0.4, 0.5) is 35.0 Å². The van der Waals surface area contributed by atoms with E-state index in [2.05, 4.69) is 130 Å². The van der Waals surface area contributed by atoms with Crippen LogP contribution in [0.3, 0.4) is 0 Å². The van der Waals surface area contributed by atoms with Crippen LogP contribution in [0.1, 0.15) is 36.0 Å². The van der Waals surface area contributed by atoms with Crippen LogP contribution in [0.25, 0.3) is 88.0 Å². The number of H-pyrrole nitrogens is 3. The molecule has 15 aromatic heterocycles. The largest absolute Gasteiger partial charge is 0.490 e. The van der Waals surface area contributed by atoms with E-state index in [1.807, 2.05) is 73.4 Å². The number of nitrogens with zero attached hydrogens (tertiary/aromatic N) is 23. The predicted octanol–water partition coefficient (Wildman–Crippen LogP) is 10.3. The van der Waals surface area contributed by atoms with Gasteiger partial charge in [-0.2, -0.15) is 24.1 Å². The van der Waals surface area contributed by atoms with Gasteiger partial charge in [-0.1, -0.05) is 18.2 Å². The Morgan fingerprint density at radius 1 is 0.432 bits per heavy atom. The fraction of sp³-hybridized carbons (Fsp3) is 0.333. The lowest BCUT2D eigenvalue weighted by Crippen LogP contribution is -2.68. The summed E-state index contributed by atoms with van der Waals surface area (Å²) in [5.74, 6) is 5.93. The van der Waals surface area contributed by atoms with Crippen LogP contribution in [-0.2, 0) is 24.4 Å². The zero-order chi connectivity index (χ0) is 80.1. The molecule has 0 radical (unpaired) electrons. The van der Waals surface area contributed by atoms with E-state index < -0.39 is 19.6 Å². The number of nitrogens with one attached hydrogen (secondary N) is 3.